The summed E-state index contributed by atoms with van der Waals surface area (Å²) in [7, 11) is 0. The Hall–Kier alpha value is -0.710. The van der Waals surface area contributed by atoms with Gasteiger partial charge in [0.1, 0.15) is 0 Å². The first-order chi connectivity index (χ1) is 4.93. The predicted octanol–water partition coefficient (Wildman–Crippen LogP) is 1.99. The molecule has 0 atom stereocenters. The van der Waals surface area contributed by atoms with Crippen molar-refractivity contribution < 1.29 is 13.2 Å². The van der Waals surface area contributed by atoms with E-state index in [9.17, 15) is 13.2 Å². The summed E-state index contributed by atoms with van der Waals surface area (Å²) in [6.45, 7) is 1.37. The highest BCUT2D eigenvalue weighted by molar-refractivity contribution is 6.44. The minimum absolute atomic E-state index is 0.0963. The normalized spacial score (nSPS) is 18.5. The highest BCUT2D eigenvalue weighted by atomic mass is 35.5. The zero-order valence-corrected chi connectivity index (χ0v) is 6.16. The summed E-state index contributed by atoms with van der Waals surface area (Å²) in [6.07, 6.45) is -4.50. The van der Waals surface area contributed by atoms with Gasteiger partial charge < -0.3 is 0 Å². The molecule has 0 bridgehead atoms. The van der Waals surface area contributed by atoms with E-state index in [0.29, 0.717) is 0 Å². The molecule has 1 rings (SSSR count). The highest BCUT2D eigenvalue weighted by Crippen LogP contribution is 2.31. The van der Waals surface area contributed by atoms with Gasteiger partial charge in [0.25, 0.3) is 0 Å². The van der Waals surface area contributed by atoms with Crippen LogP contribution in [0.4, 0.5) is 13.2 Å². The molecule has 2 nitrogen and oxygen atoms in total. The quantitative estimate of drug-likeness (QED) is 0.549. The number of hydrogen-bond acceptors (Lipinski definition) is 1. The minimum atomic E-state index is -4.50. The summed E-state index contributed by atoms with van der Waals surface area (Å²) in [5.41, 5.74) is 1.86. The van der Waals surface area contributed by atoms with Crippen molar-refractivity contribution in [1.29, 1.82) is 0 Å². The maximum atomic E-state index is 11.9. The van der Waals surface area contributed by atoms with Gasteiger partial charge in [0.15, 0.2) is 5.70 Å². The number of hydrogen-bond donors (Lipinski definition) is 0. The fourth-order valence-electron chi connectivity index (χ4n) is 0.565. The van der Waals surface area contributed by atoms with E-state index in [1.807, 2.05) is 0 Å². The number of halogens is 4. The van der Waals surface area contributed by atoms with Crippen LogP contribution in [0.2, 0.25) is 0 Å². The number of rotatable bonds is 0. The maximum Gasteiger partial charge on any atom is 0.436 e. The van der Waals surface area contributed by atoms with Crippen LogP contribution in [0.15, 0.2) is 15.8 Å². The van der Waals surface area contributed by atoms with Crippen molar-refractivity contribution in [2.75, 3.05) is 0 Å². The summed E-state index contributed by atoms with van der Waals surface area (Å²) < 4.78 is 35.6. The van der Waals surface area contributed by atoms with Gasteiger partial charge in [-0.2, -0.15) is 18.3 Å². The first-order valence-electron chi connectivity index (χ1n) is 2.65. The molecule has 61 valence electrons. The third-order valence-electron chi connectivity index (χ3n) is 1.09. The van der Waals surface area contributed by atoms with Gasteiger partial charge in [-0.3, -0.25) is 0 Å². The van der Waals surface area contributed by atoms with E-state index in [-0.39, 0.29) is 5.71 Å². The molecule has 11 heavy (non-hydrogen) atoms. The Balaban J connectivity index is 2.95. The molecule has 1 radical (unpaired) electrons. The lowest BCUT2D eigenvalue weighted by molar-refractivity contribution is -0.0966. The third-order valence-corrected chi connectivity index (χ3v) is 1.55. The van der Waals surface area contributed by atoms with Crippen molar-refractivity contribution in [3.8, 4) is 0 Å². The maximum absolute atomic E-state index is 11.9. The molecule has 1 heterocycles. The zero-order chi connectivity index (χ0) is 8.65. The van der Waals surface area contributed by atoms with Gasteiger partial charge in [-0.1, -0.05) is 11.6 Å². The van der Waals surface area contributed by atoms with E-state index in [1.165, 1.54) is 6.92 Å². The minimum Gasteiger partial charge on any atom is -0.164 e. The van der Waals surface area contributed by atoms with Crippen LogP contribution in [0.3, 0.4) is 0 Å². The predicted molar refractivity (Wildman–Crippen MR) is 34.2 cm³/mol. The van der Waals surface area contributed by atoms with Gasteiger partial charge in [-0.25, -0.2) is 0 Å². The van der Waals surface area contributed by atoms with Crippen molar-refractivity contribution in [3.63, 3.8) is 0 Å². The topological polar surface area (TPSA) is 26.5 Å². The molecule has 0 aromatic rings. The Morgan fingerprint density at radius 2 is 1.91 bits per heavy atom. The highest BCUT2D eigenvalue weighted by Gasteiger charge is 2.40. The van der Waals surface area contributed by atoms with Crippen LogP contribution in [-0.4, -0.2) is 11.9 Å². The van der Waals surface area contributed by atoms with Crippen molar-refractivity contribution in [3.05, 3.63) is 10.7 Å². The molecule has 0 N–H and O–H groups in total. The summed E-state index contributed by atoms with van der Waals surface area (Å²) >= 11 is 5.25. The Labute approximate surface area is 65.7 Å². The van der Waals surface area contributed by atoms with Gasteiger partial charge in [-0.15, -0.1) is 5.43 Å². The Kier molecular flexibility index (Phi) is 1.83. The average Bonchev–Trinajstić information content (AvgIpc) is 2.11. The number of nitrogens with zero attached hydrogens (tertiary/aromatic N) is 2. The van der Waals surface area contributed by atoms with E-state index in [0.717, 1.165) is 0 Å². The molecular weight excluding hydrogens is 181 g/mol. The SMILES string of the molecule is CC1=N[N]C(C(F)(F)F)=C1Cl. The molecule has 0 aromatic heterocycles. The molecule has 0 amide bonds. The molecule has 0 aromatic carbocycles. The molecule has 0 fully saturated rings. The molecule has 0 saturated carbocycles. The van der Waals surface area contributed by atoms with Crippen LogP contribution >= 0.6 is 11.6 Å². The van der Waals surface area contributed by atoms with Crippen LogP contribution in [0.5, 0.6) is 0 Å². The monoisotopic (exact) mass is 183 g/mol. The zero-order valence-electron chi connectivity index (χ0n) is 5.41. The standard InChI is InChI=1S/C5H3ClF3N2/c1-2-3(6)4(11-10-2)5(7,8)9/h1H3. The second-order valence-electron chi connectivity index (χ2n) is 1.95. The number of alkyl halides is 3. The molecule has 0 saturated heterocycles. The third kappa shape index (κ3) is 1.48. The Morgan fingerprint density at radius 3 is 2.09 bits per heavy atom. The van der Waals surface area contributed by atoms with Gasteiger partial charge in [0.2, 0.25) is 0 Å². The summed E-state index contributed by atoms with van der Waals surface area (Å²) in [5, 5.41) is 2.76. The second-order valence-corrected chi connectivity index (χ2v) is 2.32. The lowest BCUT2D eigenvalue weighted by Gasteiger charge is -2.04. The van der Waals surface area contributed by atoms with E-state index in [4.69, 9.17) is 11.6 Å². The fraction of sp³-hybridized carbons (Fsp3) is 0.400. The van der Waals surface area contributed by atoms with Crippen molar-refractivity contribution in [1.82, 2.24) is 5.43 Å². The lowest BCUT2D eigenvalue weighted by atomic mass is 10.3. The molecule has 0 aliphatic carbocycles. The van der Waals surface area contributed by atoms with E-state index in [2.05, 4.69) is 10.5 Å². The lowest BCUT2D eigenvalue weighted by Crippen LogP contribution is -2.16. The molecule has 1 aliphatic heterocycles. The first kappa shape index (κ1) is 8.39. The summed E-state index contributed by atoms with van der Waals surface area (Å²) in [6, 6.07) is 0. The first-order valence-corrected chi connectivity index (χ1v) is 3.03. The number of allylic oxidation sites excluding steroid dienone is 2. The van der Waals surface area contributed by atoms with Gasteiger partial charge in [-0.05, 0) is 6.92 Å². The van der Waals surface area contributed by atoms with Crippen LogP contribution in [-0.2, 0) is 0 Å². The van der Waals surface area contributed by atoms with Crippen LogP contribution in [0.1, 0.15) is 6.92 Å². The second kappa shape index (κ2) is 2.41. The van der Waals surface area contributed by atoms with Crippen molar-refractivity contribution in [2.45, 2.75) is 13.1 Å². The smallest absolute Gasteiger partial charge is 0.164 e. The van der Waals surface area contributed by atoms with Crippen LogP contribution in [0, 0.1) is 0 Å². The van der Waals surface area contributed by atoms with Crippen LogP contribution in [0.25, 0.3) is 0 Å². The summed E-state index contributed by atoms with van der Waals surface area (Å²) in [5.74, 6) is 0. The molecule has 0 unspecified atom stereocenters. The Morgan fingerprint density at radius 1 is 1.36 bits per heavy atom. The van der Waals surface area contributed by atoms with Crippen molar-refractivity contribution >= 4 is 17.3 Å². The average molecular weight is 184 g/mol. The summed E-state index contributed by atoms with van der Waals surface area (Å²) in [4.78, 5) is 0. The largest absolute Gasteiger partial charge is 0.436 e. The van der Waals surface area contributed by atoms with Gasteiger partial charge in [0, 0.05) is 0 Å². The van der Waals surface area contributed by atoms with Gasteiger partial charge in [0.05, 0.1) is 10.7 Å². The molecule has 6 heteroatoms. The van der Waals surface area contributed by atoms with Crippen LogP contribution < -0.4 is 5.43 Å². The molecule has 0 spiro atoms. The molecule has 1 aliphatic rings. The van der Waals surface area contributed by atoms with Crippen molar-refractivity contribution in [2.24, 2.45) is 5.10 Å². The van der Waals surface area contributed by atoms with E-state index < -0.39 is 16.9 Å². The van der Waals surface area contributed by atoms with E-state index >= 15 is 0 Å². The fourth-order valence-corrected chi connectivity index (χ4v) is 0.748. The van der Waals surface area contributed by atoms with E-state index in [1.54, 1.807) is 0 Å². The molecular formula is C5H3ClF3N2. The van der Waals surface area contributed by atoms with Gasteiger partial charge >= 0.3 is 6.18 Å². The Bertz CT molecular complexity index is 241.